The van der Waals surface area contributed by atoms with Crippen molar-refractivity contribution in [3.8, 4) is 17.2 Å². The molecule has 0 unspecified atom stereocenters. The van der Waals surface area contributed by atoms with E-state index in [0.717, 1.165) is 15.6 Å². The maximum absolute atomic E-state index is 12.0. The smallest absolute Gasteiger partial charge is 0.277 e. The fraction of sp³-hybridized carbons (Fsp3) is 0.263. The summed E-state index contributed by atoms with van der Waals surface area (Å²) >= 11 is 3.42. The molecule has 2 rings (SSSR count). The molecule has 7 heteroatoms. The van der Waals surface area contributed by atoms with Gasteiger partial charge in [0.05, 0.1) is 19.9 Å². The molecule has 0 aromatic heterocycles. The highest BCUT2D eigenvalue weighted by Gasteiger charge is 2.09. The Bertz CT molecular complexity index is 821. The summed E-state index contributed by atoms with van der Waals surface area (Å²) in [5.41, 5.74) is 4.89. The first-order chi connectivity index (χ1) is 12.4. The third kappa shape index (κ3) is 5.23. The molecule has 0 radical (unpaired) electrons. The molecule has 0 spiro atoms. The van der Waals surface area contributed by atoms with Crippen molar-refractivity contribution in [2.24, 2.45) is 5.10 Å². The number of carbonyl (C=O) groups is 1. The van der Waals surface area contributed by atoms with E-state index in [4.69, 9.17) is 14.2 Å². The Hall–Kier alpha value is -2.54. The topological polar surface area (TPSA) is 69.2 Å². The van der Waals surface area contributed by atoms with E-state index in [-0.39, 0.29) is 12.5 Å². The fourth-order valence-electron chi connectivity index (χ4n) is 2.19. The normalized spacial score (nSPS) is 11.0. The number of halogens is 1. The van der Waals surface area contributed by atoms with Crippen LogP contribution in [0.3, 0.4) is 0 Å². The van der Waals surface area contributed by atoms with Gasteiger partial charge in [0.1, 0.15) is 17.2 Å². The predicted octanol–water partition coefficient (Wildman–Crippen LogP) is 3.69. The van der Waals surface area contributed by atoms with Crippen molar-refractivity contribution in [2.45, 2.75) is 13.8 Å². The number of ether oxygens (including phenoxy) is 3. The molecule has 2 aromatic rings. The molecule has 0 saturated heterocycles. The van der Waals surface area contributed by atoms with Crippen molar-refractivity contribution in [1.82, 2.24) is 5.43 Å². The third-order valence-electron chi connectivity index (χ3n) is 3.65. The second kappa shape index (κ2) is 9.24. The number of methoxy groups -OCH3 is 2. The number of benzene rings is 2. The van der Waals surface area contributed by atoms with Gasteiger partial charge in [0.15, 0.2) is 6.61 Å². The Morgan fingerprint density at radius 3 is 2.50 bits per heavy atom. The summed E-state index contributed by atoms with van der Waals surface area (Å²) in [4.78, 5) is 12.0. The van der Waals surface area contributed by atoms with Gasteiger partial charge in [0.25, 0.3) is 5.91 Å². The van der Waals surface area contributed by atoms with Gasteiger partial charge in [-0.15, -0.1) is 0 Å². The lowest BCUT2D eigenvalue weighted by Crippen LogP contribution is -2.25. The maximum Gasteiger partial charge on any atom is 0.277 e. The number of hydrogen-bond donors (Lipinski definition) is 1. The van der Waals surface area contributed by atoms with Crippen LogP contribution in [-0.2, 0) is 4.79 Å². The molecule has 0 aliphatic carbocycles. The summed E-state index contributed by atoms with van der Waals surface area (Å²) in [6, 6.07) is 10.9. The van der Waals surface area contributed by atoms with Gasteiger partial charge in [-0.1, -0.05) is 15.9 Å². The number of nitrogens with one attached hydrogen (secondary N) is 1. The zero-order chi connectivity index (χ0) is 19.1. The van der Waals surface area contributed by atoms with E-state index in [1.807, 2.05) is 25.1 Å². The Morgan fingerprint density at radius 1 is 1.12 bits per heavy atom. The van der Waals surface area contributed by atoms with Gasteiger partial charge >= 0.3 is 0 Å². The zero-order valence-corrected chi connectivity index (χ0v) is 16.7. The highest BCUT2D eigenvalue weighted by atomic mass is 79.9. The lowest BCUT2D eigenvalue weighted by atomic mass is 10.1. The molecule has 1 N–H and O–H groups in total. The summed E-state index contributed by atoms with van der Waals surface area (Å²) in [6.45, 7) is 3.61. The minimum atomic E-state index is -0.350. The largest absolute Gasteiger partial charge is 0.497 e. The lowest BCUT2D eigenvalue weighted by molar-refractivity contribution is -0.123. The molecule has 0 atom stereocenters. The molecule has 6 nitrogen and oxygen atoms in total. The van der Waals surface area contributed by atoms with E-state index in [1.165, 1.54) is 0 Å². The zero-order valence-electron chi connectivity index (χ0n) is 15.1. The fourth-order valence-corrected chi connectivity index (χ4v) is 2.44. The van der Waals surface area contributed by atoms with Crippen LogP contribution in [0, 0.1) is 6.92 Å². The molecule has 0 aliphatic rings. The van der Waals surface area contributed by atoms with Gasteiger partial charge in [-0.05, 0) is 49.7 Å². The third-order valence-corrected chi connectivity index (χ3v) is 4.54. The second-order valence-electron chi connectivity index (χ2n) is 5.50. The summed E-state index contributed by atoms with van der Waals surface area (Å²) in [5.74, 6) is 1.57. The molecular weight excluding hydrogens is 400 g/mol. The number of hydrogen-bond acceptors (Lipinski definition) is 5. The minimum absolute atomic E-state index is 0.127. The van der Waals surface area contributed by atoms with E-state index >= 15 is 0 Å². The highest BCUT2D eigenvalue weighted by molar-refractivity contribution is 9.10. The molecule has 1 amide bonds. The first kappa shape index (κ1) is 19.8. The first-order valence-corrected chi connectivity index (χ1v) is 8.68. The van der Waals surface area contributed by atoms with Crippen LogP contribution in [-0.4, -0.2) is 32.4 Å². The number of carbonyl (C=O) groups excluding carboxylic acids is 1. The monoisotopic (exact) mass is 420 g/mol. The van der Waals surface area contributed by atoms with Gasteiger partial charge < -0.3 is 14.2 Å². The minimum Gasteiger partial charge on any atom is -0.497 e. The average Bonchev–Trinajstić information content (AvgIpc) is 2.66. The van der Waals surface area contributed by atoms with Crippen molar-refractivity contribution >= 4 is 27.5 Å². The van der Waals surface area contributed by atoms with Crippen LogP contribution < -0.4 is 19.6 Å². The number of hydrazone groups is 1. The van der Waals surface area contributed by atoms with Crippen LogP contribution in [0.1, 0.15) is 18.1 Å². The van der Waals surface area contributed by atoms with Crippen LogP contribution in [0.15, 0.2) is 46.0 Å². The Morgan fingerprint density at radius 2 is 1.85 bits per heavy atom. The number of rotatable bonds is 7. The molecule has 0 saturated carbocycles. The second-order valence-corrected chi connectivity index (χ2v) is 6.35. The summed E-state index contributed by atoms with van der Waals surface area (Å²) in [5, 5.41) is 4.11. The van der Waals surface area contributed by atoms with Gasteiger partial charge in [-0.2, -0.15) is 5.10 Å². The van der Waals surface area contributed by atoms with E-state index in [1.54, 1.807) is 39.3 Å². The standard InChI is InChI=1S/C19H21BrN2O4/c1-12-9-15(6-8-17(12)20)26-11-19(23)22-21-13(2)16-7-5-14(24-3)10-18(16)25-4/h5-10H,11H2,1-4H3,(H,22,23). The molecule has 26 heavy (non-hydrogen) atoms. The van der Waals surface area contributed by atoms with Crippen LogP contribution >= 0.6 is 15.9 Å². The van der Waals surface area contributed by atoms with Gasteiger partial charge in [-0.25, -0.2) is 5.43 Å². The first-order valence-electron chi connectivity index (χ1n) is 7.89. The SMILES string of the molecule is COc1ccc(C(C)=NNC(=O)COc2ccc(Br)c(C)c2)c(OC)c1. The van der Waals surface area contributed by atoms with Crippen molar-refractivity contribution in [2.75, 3.05) is 20.8 Å². The van der Waals surface area contributed by atoms with Gasteiger partial charge in [0, 0.05) is 16.1 Å². The van der Waals surface area contributed by atoms with Crippen LogP contribution in [0.5, 0.6) is 17.2 Å². The van der Waals surface area contributed by atoms with E-state index in [9.17, 15) is 4.79 Å². The van der Waals surface area contributed by atoms with Crippen molar-refractivity contribution < 1.29 is 19.0 Å². The van der Waals surface area contributed by atoms with E-state index < -0.39 is 0 Å². The number of nitrogens with zero attached hydrogens (tertiary/aromatic N) is 1. The number of amides is 1. The Labute approximate surface area is 161 Å². The lowest BCUT2D eigenvalue weighted by Gasteiger charge is -2.10. The predicted molar refractivity (Wildman–Crippen MR) is 104 cm³/mol. The summed E-state index contributed by atoms with van der Waals surface area (Å²) in [6.07, 6.45) is 0. The van der Waals surface area contributed by atoms with Crippen molar-refractivity contribution in [3.63, 3.8) is 0 Å². The average molecular weight is 421 g/mol. The summed E-state index contributed by atoms with van der Waals surface area (Å²) in [7, 11) is 3.15. The van der Waals surface area contributed by atoms with E-state index in [0.29, 0.717) is 23.0 Å². The maximum atomic E-state index is 12.0. The molecule has 0 aliphatic heterocycles. The molecule has 0 heterocycles. The Balaban J connectivity index is 1.97. The quantitative estimate of drug-likeness (QED) is 0.547. The Kier molecular flexibility index (Phi) is 7.03. The highest BCUT2D eigenvalue weighted by Crippen LogP contribution is 2.25. The van der Waals surface area contributed by atoms with Crippen LogP contribution in [0.4, 0.5) is 0 Å². The van der Waals surface area contributed by atoms with Crippen LogP contribution in [0.2, 0.25) is 0 Å². The number of aryl methyl sites for hydroxylation is 1. The van der Waals surface area contributed by atoms with Crippen LogP contribution in [0.25, 0.3) is 0 Å². The molecule has 0 bridgehead atoms. The van der Waals surface area contributed by atoms with Gasteiger partial charge in [-0.3, -0.25) is 4.79 Å². The summed E-state index contributed by atoms with van der Waals surface area (Å²) < 4.78 is 17.0. The van der Waals surface area contributed by atoms with Crippen molar-refractivity contribution in [3.05, 3.63) is 52.0 Å². The van der Waals surface area contributed by atoms with E-state index in [2.05, 4.69) is 26.5 Å². The molecule has 0 fully saturated rings. The van der Waals surface area contributed by atoms with Crippen molar-refractivity contribution in [1.29, 1.82) is 0 Å². The molecule has 138 valence electrons. The van der Waals surface area contributed by atoms with Gasteiger partial charge in [0.2, 0.25) is 0 Å². The molecular formula is C19H21BrN2O4. The molecule has 2 aromatic carbocycles.